The molecule has 0 saturated carbocycles. The molecule has 0 unspecified atom stereocenters. The Kier molecular flexibility index (Phi) is 7.70. The van der Waals surface area contributed by atoms with Gasteiger partial charge in [-0.05, 0) is 78.0 Å². The van der Waals surface area contributed by atoms with E-state index in [4.69, 9.17) is 5.73 Å². The van der Waals surface area contributed by atoms with Crippen molar-refractivity contribution < 1.29 is 14.4 Å². The van der Waals surface area contributed by atoms with Gasteiger partial charge in [-0.3, -0.25) is 14.4 Å². The fourth-order valence-electron chi connectivity index (χ4n) is 6.15. The van der Waals surface area contributed by atoms with Crippen molar-refractivity contribution in [3.63, 3.8) is 0 Å². The van der Waals surface area contributed by atoms with Gasteiger partial charge in [0.25, 0.3) is 17.7 Å². The van der Waals surface area contributed by atoms with Crippen LogP contribution in [0.3, 0.4) is 0 Å². The number of likely N-dealkylation sites (N-methyl/N-ethyl adjacent to an activating group) is 1. The number of anilines is 1. The van der Waals surface area contributed by atoms with Crippen molar-refractivity contribution in [1.29, 1.82) is 0 Å². The van der Waals surface area contributed by atoms with E-state index in [2.05, 4.69) is 43.0 Å². The number of nitrogens with one attached hydrogen (secondary N) is 2. The van der Waals surface area contributed by atoms with E-state index in [9.17, 15) is 14.4 Å². The molecule has 3 amide bonds. The summed E-state index contributed by atoms with van der Waals surface area (Å²) in [6, 6.07) is 22.8. The summed E-state index contributed by atoms with van der Waals surface area (Å²) >= 11 is 0. The Morgan fingerprint density at radius 3 is 2.20 bits per heavy atom. The Balaban J connectivity index is 1.39. The van der Waals surface area contributed by atoms with Crippen LogP contribution in [0.5, 0.6) is 0 Å². The third-order valence-corrected chi connectivity index (χ3v) is 8.94. The van der Waals surface area contributed by atoms with E-state index < -0.39 is 5.91 Å². The molecule has 1 aromatic heterocycles. The summed E-state index contributed by atoms with van der Waals surface area (Å²) < 4.78 is 0. The summed E-state index contributed by atoms with van der Waals surface area (Å²) in [5.74, 6) is -0.733. The van der Waals surface area contributed by atoms with E-state index in [0.29, 0.717) is 41.0 Å². The zero-order valence-corrected chi connectivity index (χ0v) is 26.5. The van der Waals surface area contributed by atoms with Crippen molar-refractivity contribution in [1.82, 2.24) is 14.8 Å². The minimum Gasteiger partial charge on any atom is -0.366 e. The molecule has 0 atom stereocenters. The molecule has 8 nitrogen and oxygen atoms in total. The minimum atomic E-state index is -0.540. The zero-order chi connectivity index (χ0) is 32.0. The number of aromatic nitrogens is 1. The molecule has 1 aliphatic rings. The van der Waals surface area contributed by atoms with Gasteiger partial charge >= 0.3 is 0 Å². The molecular formula is C37H39N5O3. The van der Waals surface area contributed by atoms with Crippen molar-refractivity contribution in [3.05, 3.63) is 101 Å². The quantitative estimate of drug-likeness (QED) is 0.219. The molecule has 4 N–H and O–H groups in total. The van der Waals surface area contributed by atoms with Crippen LogP contribution in [0.1, 0.15) is 63.0 Å². The number of H-pyrrole nitrogens is 1. The van der Waals surface area contributed by atoms with Gasteiger partial charge in [0.1, 0.15) is 0 Å². The first-order valence-corrected chi connectivity index (χ1v) is 15.3. The number of hydrogen-bond acceptors (Lipinski definition) is 4. The number of primary amides is 1. The van der Waals surface area contributed by atoms with Crippen molar-refractivity contribution in [2.45, 2.75) is 33.1 Å². The SMILES string of the molecule is Cc1c(NC(=O)c2ccc(C(C)(C)C)cc2)cccc1-c1ccc(C(N)=O)c2[nH]c3cc(C(=O)N4CCN(C)CC4)ccc3c12. The molecular weight excluding hydrogens is 562 g/mol. The van der Waals surface area contributed by atoms with Crippen LogP contribution in [-0.2, 0) is 5.41 Å². The van der Waals surface area contributed by atoms with Crippen molar-refractivity contribution in [2.75, 3.05) is 38.5 Å². The lowest BCUT2D eigenvalue weighted by atomic mass is 9.86. The van der Waals surface area contributed by atoms with Crippen LogP contribution in [0.4, 0.5) is 5.69 Å². The third kappa shape index (κ3) is 5.69. The van der Waals surface area contributed by atoms with Gasteiger partial charge in [0.05, 0.1) is 11.1 Å². The first-order valence-electron chi connectivity index (χ1n) is 15.3. The largest absolute Gasteiger partial charge is 0.366 e. The Bertz CT molecular complexity index is 1960. The van der Waals surface area contributed by atoms with Crippen molar-refractivity contribution in [3.8, 4) is 11.1 Å². The lowest BCUT2D eigenvalue weighted by molar-refractivity contribution is 0.0664. The standard InChI is InChI=1S/C37H39N5O3/c1-22-26(7-6-8-30(22)40-35(44)23-9-12-25(13-10-23)37(2,3)4)27-15-16-29(34(38)43)33-32(27)28-14-11-24(21-31(28)39-33)36(45)42-19-17-41(5)18-20-42/h6-16,21,39H,17-20H2,1-5H3,(H2,38,43)(H,40,44). The van der Waals surface area contributed by atoms with Gasteiger partial charge in [0.2, 0.25) is 0 Å². The maximum absolute atomic E-state index is 13.3. The van der Waals surface area contributed by atoms with E-state index in [1.807, 2.05) is 78.6 Å². The molecule has 2 heterocycles. The van der Waals surface area contributed by atoms with Crippen LogP contribution in [0.15, 0.2) is 72.8 Å². The van der Waals surface area contributed by atoms with Gasteiger partial charge in [-0.1, -0.05) is 57.2 Å². The summed E-state index contributed by atoms with van der Waals surface area (Å²) in [6.07, 6.45) is 0. The number of carbonyl (C=O) groups is 3. The smallest absolute Gasteiger partial charge is 0.255 e. The number of benzene rings is 4. The summed E-state index contributed by atoms with van der Waals surface area (Å²) in [6.45, 7) is 11.5. The zero-order valence-electron chi connectivity index (χ0n) is 26.5. The Labute approximate surface area is 263 Å². The minimum absolute atomic E-state index is 0.000568. The maximum Gasteiger partial charge on any atom is 0.255 e. The molecule has 0 radical (unpaired) electrons. The fraction of sp³-hybridized carbons (Fsp3) is 0.270. The summed E-state index contributed by atoms with van der Waals surface area (Å²) in [4.78, 5) is 46.6. The average Bonchev–Trinajstić information content (AvgIpc) is 3.40. The van der Waals surface area contributed by atoms with Crippen LogP contribution >= 0.6 is 0 Å². The summed E-state index contributed by atoms with van der Waals surface area (Å²) in [7, 11) is 2.06. The molecule has 0 aliphatic carbocycles. The normalized spacial score (nSPS) is 14.2. The predicted octanol–water partition coefficient (Wildman–Crippen LogP) is 6.33. The first-order chi connectivity index (χ1) is 21.4. The Hall–Kier alpha value is -4.95. The predicted molar refractivity (Wildman–Crippen MR) is 181 cm³/mol. The molecule has 230 valence electrons. The van der Waals surface area contributed by atoms with Gasteiger partial charge in [-0.2, -0.15) is 0 Å². The summed E-state index contributed by atoms with van der Waals surface area (Å²) in [5.41, 5.74) is 13.3. The fourth-order valence-corrected chi connectivity index (χ4v) is 6.15. The van der Waals surface area contributed by atoms with E-state index in [0.717, 1.165) is 51.6 Å². The first kappa shape index (κ1) is 30.1. The third-order valence-electron chi connectivity index (χ3n) is 8.94. The number of nitrogens with two attached hydrogens (primary N) is 1. The number of nitrogens with zero attached hydrogens (tertiary/aromatic N) is 2. The highest BCUT2D eigenvalue weighted by Crippen LogP contribution is 2.39. The highest BCUT2D eigenvalue weighted by molar-refractivity contribution is 6.20. The van der Waals surface area contributed by atoms with Crippen LogP contribution in [0.25, 0.3) is 32.9 Å². The highest BCUT2D eigenvalue weighted by Gasteiger charge is 2.23. The molecule has 1 saturated heterocycles. The second-order valence-corrected chi connectivity index (χ2v) is 13.0. The molecule has 45 heavy (non-hydrogen) atoms. The number of aromatic amines is 1. The van der Waals surface area contributed by atoms with E-state index in [-0.39, 0.29) is 17.2 Å². The molecule has 6 rings (SSSR count). The number of fused-ring (bicyclic) bond motifs is 3. The lowest BCUT2D eigenvalue weighted by Gasteiger charge is -2.32. The molecule has 0 spiro atoms. The topological polar surface area (TPSA) is 112 Å². The van der Waals surface area contributed by atoms with E-state index in [1.165, 1.54) is 0 Å². The molecule has 4 aromatic carbocycles. The van der Waals surface area contributed by atoms with Crippen LogP contribution in [-0.4, -0.2) is 65.7 Å². The van der Waals surface area contributed by atoms with E-state index >= 15 is 0 Å². The van der Waals surface area contributed by atoms with Crippen molar-refractivity contribution in [2.24, 2.45) is 5.73 Å². The summed E-state index contributed by atoms with van der Waals surface area (Å²) in [5, 5.41) is 4.81. The second-order valence-electron chi connectivity index (χ2n) is 13.0. The van der Waals surface area contributed by atoms with Gasteiger partial charge in [-0.25, -0.2) is 0 Å². The average molecular weight is 602 g/mol. The van der Waals surface area contributed by atoms with Gasteiger partial charge in [-0.15, -0.1) is 0 Å². The number of carbonyl (C=O) groups excluding carboxylic acids is 3. The number of rotatable bonds is 5. The monoisotopic (exact) mass is 601 g/mol. The number of hydrogen-bond donors (Lipinski definition) is 3. The molecule has 5 aromatic rings. The van der Waals surface area contributed by atoms with Crippen LogP contribution in [0, 0.1) is 6.92 Å². The highest BCUT2D eigenvalue weighted by atomic mass is 16.2. The van der Waals surface area contributed by atoms with Crippen molar-refractivity contribution >= 4 is 45.2 Å². The number of piperazine rings is 1. The second kappa shape index (κ2) is 11.5. The molecule has 0 bridgehead atoms. The molecule has 1 aliphatic heterocycles. The van der Waals surface area contributed by atoms with Gasteiger partial charge < -0.3 is 25.8 Å². The maximum atomic E-state index is 13.3. The lowest BCUT2D eigenvalue weighted by Crippen LogP contribution is -2.47. The molecule has 8 heteroatoms. The van der Waals surface area contributed by atoms with Crippen LogP contribution in [0.2, 0.25) is 0 Å². The Morgan fingerprint density at radius 2 is 1.53 bits per heavy atom. The van der Waals surface area contributed by atoms with E-state index in [1.54, 1.807) is 6.07 Å². The van der Waals surface area contributed by atoms with Gasteiger partial charge in [0, 0.05) is 59.3 Å². The number of amides is 3. The Morgan fingerprint density at radius 1 is 0.844 bits per heavy atom. The van der Waals surface area contributed by atoms with Gasteiger partial charge in [0.15, 0.2) is 0 Å². The molecule has 1 fully saturated rings. The van der Waals surface area contributed by atoms with Crippen LogP contribution < -0.4 is 11.1 Å².